The van der Waals surface area contributed by atoms with Crippen molar-refractivity contribution in [1.82, 2.24) is 0 Å². The van der Waals surface area contributed by atoms with Crippen LogP contribution >= 0.6 is 0 Å². The second kappa shape index (κ2) is 4.07. The summed E-state index contributed by atoms with van der Waals surface area (Å²) >= 11 is 0. The van der Waals surface area contributed by atoms with Gasteiger partial charge in [0.1, 0.15) is 0 Å². The zero-order valence-corrected chi connectivity index (χ0v) is 6.96. The van der Waals surface area contributed by atoms with E-state index >= 15 is 0 Å². The van der Waals surface area contributed by atoms with Crippen molar-refractivity contribution in [1.29, 1.82) is 0 Å². The first-order valence-corrected chi connectivity index (χ1v) is 3.85. The standard InChI is InChI=1S/C9H12FNO/c1-7(11)6-8-2-4-9(12-10)5-3-8/h2-5,7H,6,11H2,1H3. The molecule has 12 heavy (non-hydrogen) atoms. The molecule has 0 aliphatic rings. The van der Waals surface area contributed by atoms with Crippen molar-refractivity contribution in [2.45, 2.75) is 19.4 Å². The molecule has 0 bridgehead atoms. The van der Waals surface area contributed by atoms with E-state index in [9.17, 15) is 4.53 Å². The molecule has 3 heteroatoms. The van der Waals surface area contributed by atoms with Gasteiger partial charge in [-0.05, 0) is 31.0 Å². The lowest BCUT2D eigenvalue weighted by Crippen LogP contribution is -2.17. The van der Waals surface area contributed by atoms with Crippen LogP contribution in [0.15, 0.2) is 24.3 Å². The van der Waals surface area contributed by atoms with Gasteiger partial charge in [-0.2, -0.15) is 0 Å². The molecule has 0 saturated heterocycles. The van der Waals surface area contributed by atoms with Crippen LogP contribution in [0.5, 0.6) is 5.75 Å². The van der Waals surface area contributed by atoms with Gasteiger partial charge in [0.05, 0.1) is 0 Å². The fourth-order valence-electron chi connectivity index (χ4n) is 1.05. The van der Waals surface area contributed by atoms with E-state index in [1.165, 1.54) is 0 Å². The van der Waals surface area contributed by atoms with Crippen molar-refractivity contribution in [2.24, 2.45) is 5.73 Å². The summed E-state index contributed by atoms with van der Waals surface area (Å²) in [6.07, 6.45) is 0.798. The second-order valence-corrected chi connectivity index (χ2v) is 2.90. The molecule has 1 aromatic carbocycles. The lowest BCUT2D eigenvalue weighted by molar-refractivity contribution is -0.00622. The zero-order chi connectivity index (χ0) is 8.97. The monoisotopic (exact) mass is 169 g/mol. The van der Waals surface area contributed by atoms with Gasteiger partial charge in [-0.15, -0.1) is 0 Å². The van der Waals surface area contributed by atoms with Crippen LogP contribution < -0.4 is 10.7 Å². The third-order valence-electron chi connectivity index (χ3n) is 1.57. The van der Waals surface area contributed by atoms with Crippen LogP contribution in [0.3, 0.4) is 0 Å². The van der Waals surface area contributed by atoms with Gasteiger partial charge in [-0.3, -0.25) is 4.94 Å². The average molecular weight is 169 g/mol. The molecule has 1 atom stereocenters. The molecule has 2 nitrogen and oxygen atoms in total. The second-order valence-electron chi connectivity index (χ2n) is 2.90. The van der Waals surface area contributed by atoms with Gasteiger partial charge in [-0.1, -0.05) is 12.1 Å². The Balaban J connectivity index is 2.65. The Morgan fingerprint density at radius 3 is 2.42 bits per heavy atom. The maximum atomic E-state index is 11.6. The Hall–Kier alpha value is -1.09. The summed E-state index contributed by atoms with van der Waals surface area (Å²) in [6, 6.07) is 6.90. The number of rotatable bonds is 3. The molecule has 1 unspecified atom stereocenters. The molecule has 0 aliphatic carbocycles. The van der Waals surface area contributed by atoms with Gasteiger partial charge >= 0.3 is 0 Å². The minimum atomic E-state index is 0.127. The molecular weight excluding hydrogens is 157 g/mol. The van der Waals surface area contributed by atoms with Gasteiger partial charge < -0.3 is 5.73 Å². The predicted molar refractivity (Wildman–Crippen MR) is 45.5 cm³/mol. The minimum absolute atomic E-state index is 0.127. The molecule has 0 amide bonds. The van der Waals surface area contributed by atoms with Crippen LogP contribution in [0.1, 0.15) is 12.5 Å². The van der Waals surface area contributed by atoms with Crippen LogP contribution in [0.25, 0.3) is 0 Å². The highest BCUT2D eigenvalue weighted by atomic mass is 19.3. The predicted octanol–water partition coefficient (Wildman–Crippen LogP) is 1.84. The Labute approximate surface area is 71.0 Å². The van der Waals surface area contributed by atoms with Gasteiger partial charge in [0.2, 0.25) is 0 Å². The number of hydrogen-bond acceptors (Lipinski definition) is 2. The molecule has 1 aromatic rings. The van der Waals surface area contributed by atoms with Gasteiger partial charge in [0, 0.05) is 10.6 Å². The minimum Gasteiger partial charge on any atom is -0.328 e. The van der Waals surface area contributed by atoms with Crippen LogP contribution in [-0.2, 0) is 6.42 Å². The van der Waals surface area contributed by atoms with E-state index in [1.807, 2.05) is 6.92 Å². The van der Waals surface area contributed by atoms with Gasteiger partial charge in [-0.25, -0.2) is 0 Å². The van der Waals surface area contributed by atoms with Crippen LogP contribution in [0.2, 0.25) is 0 Å². The molecular formula is C9H12FNO. The summed E-state index contributed by atoms with van der Waals surface area (Å²) in [5.41, 5.74) is 6.68. The van der Waals surface area contributed by atoms with Crippen molar-refractivity contribution < 1.29 is 9.47 Å². The van der Waals surface area contributed by atoms with Crippen molar-refractivity contribution in [3.63, 3.8) is 0 Å². The molecule has 2 N–H and O–H groups in total. The number of hydrogen-bond donors (Lipinski definition) is 1. The van der Waals surface area contributed by atoms with Crippen LogP contribution in [0, 0.1) is 0 Å². The molecule has 0 aliphatic heterocycles. The first-order valence-electron chi connectivity index (χ1n) is 3.85. The average Bonchev–Trinajstić information content (AvgIpc) is 2.05. The van der Waals surface area contributed by atoms with Crippen LogP contribution in [0.4, 0.5) is 4.53 Å². The first-order chi connectivity index (χ1) is 5.72. The summed E-state index contributed by atoms with van der Waals surface area (Å²) in [5, 5.41) is 0. The number of benzene rings is 1. The van der Waals surface area contributed by atoms with Gasteiger partial charge in [0.25, 0.3) is 0 Å². The lowest BCUT2D eigenvalue weighted by atomic mass is 10.1. The van der Waals surface area contributed by atoms with E-state index in [-0.39, 0.29) is 11.8 Å². The van der Waals surface area contributed by atoms with Crippen LogP contribution in [-0.4, -0.2) is 6.04 Å². The van der Waals surface area contributed by atoms with Crippen molar-refractivity contribution in [2.75, 3.05) is 0 Å². The molecule has 66 valence electrons. The van der Waals surface area contributed by atoms with E-state index < -0.39 is 0 Å². The Bertz CT molecular complexity index is 233. The third-order valence-corrected chi connectivity index (χ3v) is 1.57. The summed E-state index contributed by atoms with van der Waals surface area (Å²) in [7, 11) is 0. The quantitative estimate of drug-likeness (QED) is 0.749. The molecule has 0 saturated carbocycles. The SMILES string of the molecule is CC(N)Cc1ccc(OF)cc1. The highest BCUT2D eigenvalue weighted by Crippen LogP contribution is 2.12. The van der Waals surface area contributed by atoms with E-state index in [1.54, 1.807) is 24.3 Å². The zero-order valence-electron chi connectivity index (χ0n) is 6.96. The summed E-state index contributed by atoms with van der Waals surface area (Å²) in [5.74, 6) is 0.225. The molecule has 1 rings (SSSR count). The highest BCUT2D eigenvalue weighted by molar-refractivity contribution is 5.27. The highest BCUT2D eigenvalue weighted by Gasteiger charge is 1.98. The molecule has 0 heterocycles. The van der Waals surface area contributed by atoms with E-state index in [0.717, 1.165) is 12.0 Å². The summed E-state index contributed by atoms with van der Waals surface area (Å²) in [6.45, 7) is 1.93. The fraction of sp³-hybridized carbons (Fsp3) is 0.333. The van der Waals surface area contributed by atoms with Crippen molar-refractivity contribution in [3.8, 4) is 5.75 Å². The smallest absolute Gasteiger partial charge is 0.171 e. The van der Waals surface area contributed by atoms with Crippen molar-refractivity contribution in [3.05, 3.63) is 29.8 Å². The summed E-state index contributed by atoms with van der Waals surface area (Å²) in [4.78, 5) is 3.54. The fourth-order valence-corrected chi connectivity index (χ4v) is 1.05. The lowest BCUT2D eigenvalue weighted by Gasteiger charge is -2.04. The maximum absolute atomic E-state index is 11.6. The maximum Gasteiger partial charge on any atom is 0.171 e. The largest absolute Gasteiger partial charge is 0.328 e. The molecule has 0 radical (unpaired) electrons. The van der Waals surface area contributed by atoms with E-state index in [2.05, 4.69) is 4.94 Å². The molecule has 0 aromatic heterocycles. The number of nitrogens with two attached hydrogens (primary N) is 1. The summed E-state index contributed by atoms with van der Waals surface area (Å²) < 4.78 is 11.6. The Morgan fingerprint density at radius 2 is 2.00 bits per heavy atom. The number of halogens is 1. The van der Waals surface area contributed by atoms with E-state index in [4.69, 9.17) is 5.73 Å². The third kappa shape index (κ3) is 2.51. The van der Waals surface area contributed by atoms with Crippen molar-refractivity contribution >= 4 is 0 Å². The van der Waals surface area contributed by atoms with E-state index in [0.29, 0.717) is 0 Å². The Kier molecular flexibility index (Phi) is 3.05. The Morgan fingerprint density at radius 1 is 1.42 bits per heavy atom. The first kappa shape index (κ1) is 9.00. The normalized spacial score (nSPS) is 12.6. The topological polar surface area (TPSA) is 35.2 Å². The molecule has 0 fully saturated rings. The molecule has 0 spiro atoms. The van der Waals surface area contributed by atoms with Gasteiger partial charge in [0.15, 0.2) is 5.75 Å².